The quantitative estimate of drug-likeness (QED) is 0.876. The van der Waals surface area contributed by atoms with E-state index in [0.717, 1.165) is 37.4 Å². The average Bonchev–Trinajstić information content (AvgIpc) is 3.00. The maximum absolute atomic E-state index is 12.4. The number of hydrogen-bond acceptors (Lipinski definition) is 4. The summed E-state index contributed by atoms with van der Waals surface area (Å²) in [5.41, 5.74) is 1.13. The number of hydrogen-bond donors (Lipinski definition) is 1. The smallest absolute Gasteiger partial charge is 0.234 e. The van der Waals surface area contributed by atoms with E-state index in [1.54, 1.807) is 12.5 Å². The third kappa shape index (κ3) is 4.35. The molecule has 0 bridgehead atoms. The molecule has 1 aromatic heterocycles. The summed E-state index contributed by atoms with van der Waals surface area (Å²) in [5.74, 6) is 0.980. The van der Waals surface area contributed by atoms with Gasteiger partial charge in [-0.1, -0.05) is 25.1 Å². The van der Waals surface area contributed by atoms with Gasteiger partial charge in [-0.2, -0.15) is 0 Å². The molecule has 0 aliphatic carbocycles. The fourth-order valence-electron chi connectivity index (χ4n) is 2.92. The first-order valence-electron chi connectivity index (χ1n) is 8.42. The number of nitrogens with one attached hydrogen (secondary N) is 1. The number of imidazole rings is 1. The Morgan fingerprint density at radius 1 is 1.42 bits per heavy atom. The molecule has 6 heteroatoms. The standard InChI is InChI=1S/C18H24N4O2/c1-2-16(12-22-8-7-19-14-22)20-18(23)13-21-9-10-24-17-6-4-3-5-15(17)11-21/h3-8,14,16H,2,9-13H2,1H3,(H,20,23)/t16-/m1/s1. The molecule has 6 nitrogen and oxygen atoms in total. The second kappa shape index (κ2) is 7.97. The molecule has 0 unspecified atom stereocenters. The van der Waals surface area contributed by atoms with Gasteiger partial charge in [0.25, 0.3) is 0 Å². The van der Waals surface area contributed by atoms with Gasteiger partial charge in [-0.25, -0.2) is 4.98 Å². The molecule has 1 aromatic carbocycles. The maximum Gasteiger partial charge on any atom is 0.234 e. The fourth-order valence-corrected chi connectivity index (χ4v) is 2.92. The van der Waals surface area contributed by atoms with Crippen LogP contribution in [0.5, 0.6) is 5.75 Å². The van der Waals surface area contributed by atoms with Gasteiger partial charge in [0.2, 0.25) is 5.91 Å². The number of carbonyl (C=O) groups is 1. The number of rotatable bonds is 6. The average molecular weight is 328 g/mol. The molecule has 3 rings (SSSR count). The Balaban J connectivity index is 1.54. The SMILES string of the molecule is CC[C@H](Cn1ccnc1)NC(=O)CN1CCOc2ccccc2C1. The minimum atomic E-state index is 0.0568. The Labute approximate surface area is 142 Å². The molecular formula is C18H24N4O2. The van der Waals surface area contributed by atoms with E-state index in [0.29, 0.717) is 13.2 Å². The zero-order valence-electron chi connectivity index (χ0n) is 14.0. The summed E-state index contributed by atoms with van der Waals surface area (Å²) >= 11 is 0. The molecule has 1 aliphatic rings. The van der Waals surface area contributed by atoms with Crippen LogP contribution in [0.4, 0.5) is 0 Å². The summed E-state index contributed by atoms with van der Waals surface area (Å²) in [7, 11) is 0. The summed E-state index contributed by atoms with van der Waals surface area (Å²) in [6.07, 6.45) is 6.33. The van der Waals surface area contributed by atoms with Crippen molar-refractivity contribution in [2.45, 2.75) is 32.5 Å². The number of carbonyl (C=O) groups excluding carboxylic acids is 1. The van der Waals surface area contributed by atoms with E-state index in [2.05, 4.69) is 28.2 Å². The molecule has 1 aliphatic heterocycles. The summed E-state index contributed by atoms with van der Waals surface area (Å²) in [4.78, 5) is 18.6. The number of para-hydroxylation sites is 1. The van der Waals surface area contributed by atoms with Crippen LogP contribution >= 0.6 is 0 Å². The lowest BCUT2D eigenvalue weighted by Crippen LogP contribution is -2.43. The van der Waals surface area contributed by atoms with Crippen LogP contribution < -0.4 is 10.1 Å². The minimum absolute atomic E-state index is 0.0568. The van der Waals surface area contributed by atoms with Crippen molar-refractivity contribution in [1.82, 2.24) is 19.8 Å². The number of fused-ring (bicyclic) bond motifs is 1. The molecule has 1 atom stereocenters. The van der Waals surface area contributed by atoms with Gasteiger partial charge in [0.05, 0.1) is 12.9 Å². The van der Waals surface area contributed by atoms with Gasteiger partial charge < -0.3 is 14.6 Å². The highest BCUT2D eigenvalue weighted by Gasteiger charge is 2.18. The van der Waals surface area contributed by atoms with E-state index in [9.17, 15) is 4.79 Å². The zero-order chi connectivity index (χ0) is 16.8. The lowest BCUT2D eigenvalue weighted by atomic mass is 10.2. The van der Waals surface area contributed by atoms with Crippen molar-refractivity contribution in [3.05, 3.63) is 48.5 Å². The highest BCUT2D eigenvalue weighted by molar-refractivity contribution is 5.78. The topological polar surface area (TPSA) is 59.4 Å². The molecule has 0 fully saturated rings. The first-order valence-corrected chi connectivity index (χ1v) is 8.42. The Hall–Kier alpha value is -2.34. The predicted molar refractivity (Wildman–Crippen MR) is 91.7 cm³/mol. The normalized spacial score (nSPS) is 15.9. The molecule has 2 aromatic rings. The minimum Gasteiger partial charge on any atom is -0.492 e. The first-order chi connectivity index (χ1) is 11.7. The van der Waals surface area contributed by atoms with Gasteiger partial charge in [0, 0.05) is 43.6 Å². The van der Waals surface area contributed by atoms with Gasteiger partial charge in [-0.3, -0.25) is 9.69 Å². The van der Waals surface area contributed by atoms with Crippen LogP contribution in [0.1, 0.15) is 18.9 Å². The van der Waals surface area contributed by atoms with Crippen molar-refractivity contribution >= 4 is 5.91 Å². The summed E-state index contributed by atoms with van der Waals surface area (Å²) in [6, 6.07) is 8.13. The number of benzene rings is 1. The fraction of sp³-hybridized carbons (Fsp3) is 0.444. The molecule has 2 heterocycles. The van der Waals surface area contributed by atoms with Crippen LogP contribution in [-0.2, 0) is 17.9 Å². The second-order valence-corrected chi connectivity index (χ2v) is 6.10. The van der Waals surface area contributed by atoms with Crippen molar-refractivity contribution in [3.8, 4) is 5.75 Å². The molecular weight excluding hydrogens is 304 g/mol. The van der Waals surface area contributed by atoms with Crippen LogP contribution in [0.2, 0.25) is 0 Å². The Morgan fingerprint density at radius 3 is 3.08 bits per heavy atom. The number of nitrogens with zero attached hydrogens (tertiary/aromatic N) is 3. The van der Waals surface area contributed by atoms with E-state index in [-0.39, 0.29) is 11.9 Å². The van der Waals surface area contributed by atoms with Crippen molar-refractivity contribution in [2.24, 2.45) is 0 Å². The van der Waals surface area contributed by atoms with E-state index >= 15 is 0 Å². The number of aromatic nitrogens is 2. The van der Waals surface area contributed by atoms with Crippen LogP contribution in [0.25, 0.3) is 0 Å². The second-order valence-electron chi connectivity index (χ2n) is 6.10. The van der Waals surface area contributed by atoms with Crippen molar-refractivity contribution in [2.75, 3.05) is 19.7 Å². The highest BCUT2D eigenvalue weighted by atomic mass is 16.5. The molecule has 24 heavy (non-hydrogen) atoms. The third-order valence-electron chi connectivity index (χ3n) is 4.25. The summed E-state index contributed by atoms with van der Waals surface area (Å²) in [5, 5.41) is 3.13. The van der Waals surface area contributed by atoms with Gasteiger partial charge in [-0.05, 0) is 12.5 Å². The highest BCUT2D eigenvalue weighted by Crippen LogP contribution is 2.22. The molecule has 1 N–H and O–H groups in total. The predicted octanol–water partition coefficient (Wildman–Crippen LogP) is 1.67. The first kappa shape index (κ1) is 16.5. The molecule has 1 amide bonds. The maximum atomic E-state index is 12.4. The number of amides is 1. The molecule has 0 spiro atoms. The Kier molecular flexibility index (Phi) is 5.48. The van der Waals surface area contributed by atoms with E-state index in [1.165, 1.54) is 0 Å². The molecule has 0 saturated heterocycles. The number of ether oxygens (including phenoxy) is 1. The summed E-state index contributed by atoms with van der Waals surface area (Å²) in [6.45, 7) is 5.31. The van der Waals surface area contributed by atoms with Crippen molar-refractivity contribution in [3.63, 3.8) is 0 Å². The van der Waals surface area contributed by atoms with E-state index in [4.69, 9.17) is 4.74 Å². The lowest BCUT2D eigenvalue weighted by Gasteiger charge is -2.22. The Morgan fingerprint density at radius 2 is 2.29 bits per heavy atom. The third-order valence-corrected chi connectivity index (χ3v) is 4.25. The van der Waals surface area contributed by atoms with Gasteiger partial charge in [0.15, 0.2) is 0 Å². The van der Waals surface area contributed by atoms with Crippen LogP contribution in [0.3, 0.4) is 0 Å². The van der Waals surface area contributed by atoms with Crippen molar-refractivity contribution < 1.29 is 9.53 Å². The van der Waals surface area contributed by atoms with E-state index < -0.39 is 0 Å². The van der Waals surface area contributed by atoms with Crippen LogP contribution in [0, 0.1) is 0 Å². The van der Waals surface area contributed by atoms with Gasteiger partial charge in [-0.15, -0.1) is 0 Å². The monoisotopic (exact) mass is 328 g/mol. The molecule has 128 valence electrons. The lowest BCUT2D eigenvalue weighted by molar-refractivity contribution is -0.123. The molecule has 0 radical (unpaired) electrons. The molecule has 0 saturated carbocycles. The van der Waals surface area contributed by atoms with Crippen LogP contribution in [0.15, 0.2) is 43.0 Å². The largest absolute Gasteiger partial charge is 0.492 e. The zero-order valence-corrected chi connectivity index (χ0v) is 14.0. The van der Waals surface area contributed by atoms with Crippen LogP contribution in [-0.4, -0.2) is 46.1 Å². The van der Waals surface area contributed by atoms with Crippen molar-refractivity contribution in [1.29, 1.82) is 0 Å². The van der Waals surface area contributed by atoms with Gasteiger partial charge in [0.1, 0.15) is 12.4 Å². The van der Waals surface area contributed by atoms with Gasteiger partial charge >= 0.3 is 0 Å². The summed E-state index contributed by atoms with van der Waals surface area (Å²) < 4.78 is 7.74. The Bertz CT molecular complexity index is 657. The van der Waals surface area contributed by atoms with E-state index in [1.807, 2.05) is 29.0 Å².